The van der Waals surface area contributed by atoms with E-state index in [1.54, 1.807) is 6.07 Å². The van der Waals surface area contributed by atoms with Gasteiger partial charge in [0.15, 0.2) is 11.5 Å². The molecule has 2 rings (SSSR count). The first-order chi connectivity index (χ1) is 7.59. The van der Waals surface area contributed by atoms with Crippen LogP contribution in [0.25, 0.3) is 0 Å². The average Bonchev–Trinajstić information content (AvgIpc) is 2.66. The molecular formula is C11H13NO4. The summed E-state index contributed by atoms with van der Waals surface area (Å²) in [6.45, 7) is 2.06. The molecule has 1 aliphatic rings. The topological polar surface area (TPSA) is 81.8 Å². The number of hydrogen-bond donors (Lipinski definition) is 2. The van der Waals surface area contributed by atoms with Crippen molar-refractivity contribution in [2.45, 2.75) is 19.4 Å². The maximum absolute atomic E-state index is 10.6. The van der Waals surface area contributed by atoms with E-state index in [-0.39, 0.29) is 13.2 Å². The van der Waals surface area contributed by atoms with Gasteiger partial charge in [0.2, 0.25) is 6.79 Å². The first-order valence-corrected chi connectivity index (χ1v) is 4.96. The van der Waals surface area contributed by atoms with Crippen LogP contribution < -0.4 is 15.2 Å². The number of hydrogen-bond acceptors (Lipinski definition) is 4. The quantitative estimate of drug-likeness (QED) is 0.804. The fourth-order valence-electron chi connectivity index (χ4n) is 1.74. The number of aryl methyl sites for hydroxylation is 1. The molecule has 0 spiro atoms. The van der Waals surface area contributed by atoms with Gasteiger partial charge in [-0.3, -0.25) is 4.79 Å². The summed E-state index contributed by atoms with van der Waals surface area (Å²) in [7, 11) is 0. The Bertz CT molecular complexity index is 430. The van der Waals surface area contributed by atoms with Crippen molar-refractivity contribution in [1.82, 2.24) is 0 Å². The number of carbonyl (C=O) groups is 1. The number of carboxylic acid groups (broad SMARTS) is 1. The molecule has 0 aliphatic carbocycles. The second-order valence-corrected chi connectivity index (χ2v) is 3.74. The summed E-state index contributed by atoms with van der Waals surface area (Å²) in [6, 6.07) is 3.06. The molecule has 16 heavy (non-hydrogen) atoms. The van der Waals surface area contributed by atoms with Crippen molar-refractivity contribution in [2.24, 2.45) is 5.73 Å². The Morgan fingerprint density at radius 1 is 1.50 bits per heavy atom. The predicted molar refractivity (Wildman–Crippen MR) is 56.5 cm³/mol. The highest BCUT2D eigenvalue weighted by atomic mass is 16.7. The number of ether oxygens (including phenoxy) is 2. The van der Waals surface area contributed by atoms with Gasteiger partial charge in [-0.15, -0.1) is 0 Å². The fourth-order valence-corrected chi connectivity index (χ4v) is 1.74. The zero-order valence-electron chi connectivity index (χ0n) is 8.90. The van der Waals surface area contributed by atoms with Crippen molar-refractivity contribution < 1.29 is 19.4 Å². The Hall–Kier alpha value is -1.75. The van der Waals surface area contributed by atoms with Crippen molar-refractivity contribution in [2.75, 3.05) is 6.79 Å². The van der Waals surface area contributed by atoms with Crippen LogP contribution >= 0.6 is 0 Å². The Morgan fingerprint density at radius 3 is 2.88 bits per heavy atom. The molecule has 0 fully saturated rings. The van der Waals surface area contributed by atoms with Crippen LogP contribution in [-0.4, -0.2) is 17.9 Å². The summed E-state index contributed by atoms with van der Waals surface area (Å²) in [5.41, 5.74) is 7.44. The van der Waals surface area contributed by atoms with E-state index in [9.17, 15) is 4.79 Å². The third-order valence-electron chi connectivity index (χ3n) is 2.54. The molecular weight excluding hydrogens is 210 g/mol. The van der Waals surface area contributed by atoms with Crippen LogP contribution in [0.5, 0.6) is 11.5 Å². The van der Waals surface area contributed by atoms with Gasteiger partial charge in [0.1, 0.15) is 0 Å². The van der Waals surface area contributed by atoms with Crippen LogP contribution in [0.1, 0.15) is 23.6 Å². The molecule has 0 amide bonds. The largest absolute Gasteiger partial charge is 0.481 e. The predicted octanol–water partition coefficient (Wildman–Crippen LogP) is 1.20. The van der Waals surface area contributed by atoms with E-state index in [2.05, 4.69) is 0 Å². The first kappa shape index (κ1) is 10.8. The van der Waals surface area contributed by atoms with Crippen LogP contribution in [-0.2, 0) is 4.79 Å². The molecule has 86 valence electrons. The van der Waals surface area contributed by atoms with Gasteiger partial charge < -0.3 is 20.3 Å². The van der Waals surface area contributed by atoms with E-state index < -0.39 is 12.0 Å². The maximum atomic E-state index is 10.6. The van der Waals surface area contributed by atoms with Gasteiger partial charge in [0.05, 0.1) is 6.42 Å². The van der Waals surface area contributed by atoms with E-state index >= 15 is 0 Å². The zero-order valence-corrected chi connectivity index (χ0v) is 8.90. The second kappa shape index (κ2) is 4.02. The van der Waals surface area contributed by atoms with Crippen molar-refractivity contribution in [3.05, 3.63) is 23.3 Å². The minimum Gasteiger partial charge on any atom is -0.481 e. The lowest BCUT2D eigenvalue weighted by atomic mass is 10.0. The van der Waals surface area contributed by atoms with E-state index in [0.717, 1.165) is 5.56 Å². The SMILES string of the molecule is Cc1ccc(C(N)CC(=O)O)c2c1OCO2. The van der Waals surface area contributed by atoms with Crippen molar-refractivity contribution >= 4 is 5.97 Å². The van der Waals surface area contributed by atoms with Gasteiger partial charge in [-0.25, -0.2) is 0 Å². The standard InChI is InChI=1S/C11H13NO4/c1-6-2-3-7(8(12)4-9(13)14)11-10(6)15-5-16-11/h2-3,8H,4-5,12H2,1H3,(H,13,14). The third kappa shape index (κ3) is 1.81. The van der Waals surface area contributed by atoms with Gasteiger partial charge in [-0.1, -0.05) is 12.1 Å². The minimum absolute atomic E-state index is 0.126. The molecule has 1 unspecified atom stereocenters. The van der Waals surface area contributed by atoms with Gasteiger partial charge in [0, 0.05) is 11.6 Å². The zero-order chi connectivity index (χ0) is 11.7. The smallest absolute Gasteiger partial charge is 0.305 e. The molecule has 0 aromatic heterocycles. The molecule has 3 N–H and O–H groups in total. The minimum atomic E-state index is -0.930. The van der Waals surface area contributed by atoms with E-state index in [1.807, 2.05) is 13.0 Å². The Labute approximate surface area is 92.8 Å². The van der Waals surface area contributed by atoms with Crippen LogP contribution in [0.15, 0.2) is 12.1 Å². The first-order valence-electron chi connectivity index (χ1n) is 4.96. The van der Waals surface area contributed by atoms with Crippen LogP contribution in [0.3, 0.4) is 0 Å². The van der Waals surface area contributed by atoms with E-state index in [1.165, 1.54) is 0 Å². The molecule has 1 atom stereocenters. The lowest BCUT2D eigenvalue weighted by Crippen LogP contribution is -2.15. The summed E-state index contributed by atoms with van der Waals surface area (Å²) < 4.78 is 10.6. The van der Waals surface area contributed by atoms with Crippen molar-refractivity contribution in [3.8, 4) is 11.5 Å². The number of rotatable bonds is 3. The van der Waals surface area contributed by atoms with Crippen LogP contribution in [0.2, 0.25) is 0 Å². The van der Waals surface area contributed by atoms with Crippen molar-refractivity contribution in [3.63, 3.8) is 0 Å². The number of aliphatic carboxylic acids is 1. The van der Waals surface area contributed by atoms with Gasteiger partial charge >= 0.3 is 5.97 Å². The summed E-state index contributed by atoms with van der Waals surface area (Å²) in [5, 5.41) is 8.70. The summed E-state index contributed by atoms with van der Waals surface area (Å²) in [5.74, 6) is 0.313. The molecule has 1 aromatic carbocycles. The normalized spacial score (nSPS) is 14.9. The van der Waals surface area contributed by atoms with Crippen molar-refractivity contribution in [1.29, 1.82) is 0 Å². The monoisotopic (exact) mass is 223 g/mol. The van der Waals surface area contributed by atoms with Crippen LogP contribution in [0, 0.1) is 6.92 Å². The Balaban J connectivity index is 2.35. The highest BCUT2D eigenvalue weighted by molar-refractivity contribution is 5.68. The van der Waals surface area contributed by atoms with Gasteiger partial charge in [-0.2, -0.15) is 0 Å². The Morgan fingerprint density at radius 2 is 2.19 bits per heavy atom. The molecule has 0 saturated carbocycles. The molecule has 1 heterocycles. The highest BCUT2D eigenvalue weighted by Gasteiger charge is 2.24. The lowest BCUT2D eigenvalue weighted by molar-refractivity contribution is -0.137. The molecule has 5 nitrogen and oxygen atoms in total. The number of benzene rings is 1. The third-order valence-corrected chi connectivity index (χ3v) is 2.54. The molecule has 0 bridgehead atoms. The van der Waals surface area contributed by atoms with Gasteiger partial charge in [0.25, 0.3) is 0 Å². The summed E-state index contributed by atoms with van der Waals surface area (Å²) >= 11 is 0. The van der Waals surface area contributed by atoms with Gasteiger partial charge in [-0.05, 0) is 12.5 Å². The Kier molecular flexibility index (Phi) is 2.70. The summed E-state index contributed by atoms with van der Waals surface area (Å²) in [4.78, 5) is 10.6. The molecule has 0 saturated heterocycles. The van der Waals surface area contributed by atoms with Crippen LogP contribution in [0.4, 0.5) is 0 Å². The number of nitrogens with two attached hydrogens (primary N) is 1. The number of carboxylic acids is 1. The molecule has 1 aromatic rings. The molecule has 0 radical (unpaired) electrons. The average molecular weight is 223 g/mol. The number of fused-ring (bicyclic) bond motifs is 1. The molecule has 5 heteroatoms. The lowest BCUT2D eigenvalue weighted by Gasteiger charge is -2.12. The molecule has 1 aliphatic heterocycles. The summed E-state index contributed by atoms with van der Waals surface area (Å²) in [6.07, 6.45) is -0.126. The second-order valence-electron chi connectivity index (χ2n) is 3.74. The van der Waals surface area contributed by atoms with E-state index in [4.69, 9.17) is 20.3 Å². The van der Waals surface area contributed by atoms with E-state index in [0.29, 0.717) is 17.1 Å². The highest BCUT2D eigenvalue weighted by Crippen LogP contribution is 2.41. The fraction of sp³-hybridized carbons (Fsp3) is 0.364. The maximum Gasteiger partial charge on any atom is 0.305 e.